The zero-order valence-electron chi connectivity index (χ0n) is 7.19. The van der Waals surface area contributed by atoms with Crippen LogP contribution in [0.5, 0.6) is 0 Å². The van der Waals surface area contributed by atoms with Gasteiger partial charge in [0.15, 0.2) is 0 Å². The molecule has 1 nitrogen and oxygen atoms in total. The summed E-state index contributed by atoms with van der Waals surface area (Å²) in [6.07, 6.45) is 2.32. The van der Waals surface area contributed by atoms with Crippen molar-refractivity contribution in [2.24, 2.45) is 0 Å². The second-order valence-corrected chi connectivity index (χ2v) is 4.48. The van der Waals surface area contributed by atoms with E-state index in [1.54, 1.807) is 6.07 Å². The maximum atomic E-state index is 13.2. The third kappa shape index (κ3) is 2.02. The summed E-state index contributed by atoms with van der Waals surface area (Å²) in [4.78, 5) is 0. The summed E-state index contributed by atoms with van der Waals surface area (Å²) >= 11 is 2.01. The van der Waals surface area contributed by atoms with Crippen molar-refractivity contribution in [3.63, 3.8) is 0 Å². The Morgan fingerprint density at radius 2 is 2.31 bits per heavy atom. The van der Waals surface area contributed by atoms with Gasteiger partial charge in [-0.25, -0.2) is 4.39 Å². The van der Waals surface area contributed by atoms with Gasteiger partial charge in [0.1, 0.15) is 5.82 Å². The van der Waals surface area contributed by atoms with Gasteiger partial charge in [0.05, 0.1) is 0 Å². The molecule has 1 aromatic rings. The van der Waals surface area contributed by atoms with E-state index in [4.69, 9.17) is 0 Å². The largest absolute Gasteiger partial charge is 0.310 e. The fraction of sp³-hybridized carbons (Fsp3) is 0.400. The number of hydrogen-bond donors (Lipinski definition) is 1. The lowest BCUT2D eigenvalue weighted by atomic mass is 10.1. The lowest BCUT2D eigenvalue weighted by Crippen LogP contribution is -2.12. The molecule has 13 heavy (non-hydrogen) atoms. The molecule has 0 amide bonds. The maximum absolute atomic E-state index is 13.2. The highest BCUT2D eigenvalue weighted by Gasteiger charge is 2.16. The third-order valence-electron chi connectivity index (χ3n) is 2.41. The van der Waals surface area contributed by atoms with Gasteiger partial charge in [0.2, 0.25) is 0 Å². The number of rotatable bonds is 1. The Morgan fingerprint density at radius 3 is 2.92 bits per heavy atom. The Morgan fingerprint density at radius 1 is 1.46 bits per heavy atom. The first-order valence-electron chi connectivity index (χ1n) is 4.46. The molecule has 70 valence electrons. The SMILES string of the molecule is Fc1cc(C2CCCN2)ccc1I. The molecule has 0 bridgehead atoms. The maximum Gasteiger partial charge on any atom is 0.136 e. The molecule has 1 saturated heterocycles. The average Bonchev–Trinajstić information content (AvgIpc) is 2.62. The van der Waals surface area contributed by atoms with E-state index in [1.165, 1.54) is 6.42 Å². The summed E-state index contributed by atoms with van der Waals surface area (Å²) in [5.41, 5.74) is 1.08. The Kier molecular flexibility index (Phi) is 2.83. The van der Waals surface area contributed by atoms with Crippen molar-refractivity contribution in [1.29, 1.82) is 0 Å². The van der Waals surface area contributed by atoms with Gasteiger partial charge in [0.25, 0.3) is 0 Å². The monoisotopic (exact) mass is 291 g/mol. The van der Waals surface area contributed by atoms with Crippen LogP contribution in [0.1, 0.15) is 24.4 Å². The van der Waals surface area contributed by atoms with Crippen LogP contribution in [0, 0.1) is 9.39 Å². The molecule has 1 heterocycles. The van der Waals surface area contributed by atoms with Gasteiger partial charge in [-0.05, 0) is 59.7 Å². The van der Waals surface area contributed by atoms with E-state index in [0.717, 1.165) is 18.5 Å². The van der Waals surface area contributed by atoms with Gasteiger partial charge >= 0.3 is 0 Å². The molecular weight excluding hydrogens is 280 g/mol. The lowest BCUT2D eigenvalue weighted by molar-refractivity contribution is 0.601. The van der Waals surface area contributed by atoms with Crippen molar-refractivity contribution in [3.8, 4) is 0 Å². The molecule has 1 fully saturated rings. The third-order valence-corrected chi connectivity index (χ3v) is 3.28. The molecule has 1 aromatic carbocycles. The zero-order chi connectivity index (χ0) is 9.26. The van der Waals surface area contributed by atoms with E-state index < -0.39 is 0 Å². The minimum atomic E-state index is -0.105. The van der Waals surface area contributed by atoms with Gasteiger partial charge < -0.3 is 5.32 Å². The first-order chi connectivity index (χ1) is 6.27. The van der Waals surface area contributed by atoms with Crippen LogP contribution in [-0.4, -0.2) is 6.54 Å². The second-order valence-electron chi connectivity index (χ2n) is 3.32. The van der Waals surface area contributed by atoms with Gasteiger partial charge in [0, 0.05) is 9.61 Å². The summed E-state index contributed by atoms with van der Waals surface area (Å²) in [5.74, 6) is -0.105. The Hall–Kier alpha value is -0.160. The molecule has 0 radical (unpaired) electrons. The Labute approximate surface area is 90.9 Å². The predicted molar refractivity (Wildman–Crippen MR) is 59.1 cm³/mol. The molecule has 1 aliphatic rings. The van der Waals surface area contributed by atoms with Crippen molar-refractivity contribution < 1.29 is 4.39 Å². The summed E-state index contributed by atoms with van der Waals surface area (Å²) in [7, 11) is 0. The average molecular weight is 291 g/mol. The molecule has 0 aromatic heterocycles. The van der Waals surface area contributed by atoms with Crippen molar-refractivity contribution in [1.82, 2.24) is 5.32 Å². The minimum absolute atomic E-state index is 0.105. The van der Waals surface area contributed by atoms with E-state index in [1.807, 2.05) is 34.7 Å². The second kappa shape index (κ2) is 3.92. The molecule has 1 N–H and O–H groups in total. The number of nitrogens with one attached hydrogen (secondary N) is 1. The highest BCUT2D eigenvalue weighted by atomic mass is 127. The lowest BCUT2D eigenvalue weighted by Gasteiger charge is -2.10. The summed E-state index contributed by atoms with van der Waals surface area (Å²) in [6, 6.07) is 5.86. The van der Waals surface area contributed by atoms with Crippen LogP contribution < -0.4 is 5.32 Å². The summed E-state index contributed by atoms with van der Waals surface area (Å²) in [5, 5.41) is 3.35. The smallest absolute Gasteiger partial charge is 0.136 e. The van der Waals surface area contributed by atoms with Crippen LogP contribution in [0.25, 0.3) is 0 Å². The van der Waals surface area contributed by atoms with Crippen LogP contribution in [0.15, 0.2) is 18.2 Å². The van der Waals surface area contributed by atoms with Gasteiger partial charge in [-0.2, -0.15) is 0 Å². The van der Waals surface area contributed by atoms with Crippen molar-refractivity contribution in [2.75, 3.05) is 6.54 Å². The van der Waals surface area contributed by atoms with Crippen molar-refractivity contribution >= 4 is 22.6 Å². The van der Waals surface area contributed by atoms with Gasteiger partial charge in [-0.1, -0.05) is 6.07 Å². The molecular formula is C10H11FIN. The molecule has 0 saturated carbocycles. The van der Waals surface area contributed by atoms with E-state index >= 15 is 0 Å². The first kappa shape index (κ1) is 9.40. The Balaban J connectivity index is 2.25. The minimum Gasteiger partial charge on any atom is -0.310 e. The van der Waals surface area contributed by atoms with Crippen LogP contribution in [-0.2, 0) is 0 Å². The number of halogens is 2. The van der Waals surface area contributed by atoms with E-state index in [2.05, 4.69) is 5.32 Å². The molecule has 3 heteroatoms. The first-order valence-corrected chi connectivity index (χ1v) is 5.53. The van der Waals surface area contributed by atoms with Crippen LogP contribution in [0.4, 0.5) is 4.39 Å². The van der Waals surface area contributed by atoms with E-state index in [0.29, 0.717) is 9.61 Å². The quantitative estimate of drug-likeness (QED) is 0.785. The summed E-state index contributed by atoms with van der Waals surface area (Å²) in [6.45, 7) is 1.05. The van der Waals surface area contributed by atoms with Crippen LogP contribution >= 0.6 is 22.6 Å². The van der Waals surface area contributed by atoms with Crippen molar-refractivity contribution in [2.45, 2.75) is 18.9 Å². The molecule has 2 rings (SSSR count). The zero-order valence-corrected chi connectivity index (χ0v) is 9.34. The highest BCUT2D eigenvalue weighted by Crippen LogP contribution is 2.24. The topological polar surface area (TPSA) is 12.0 Å². The molecule has 1 unspecified atom stereocenters. The fourth-order valence-electron chi connectivity index (χ4n) is 1.70. The standard InChI is InChI=1S/C10H11FIN/c11-8-6-7(3-4-9(8)12)10-2-1-5-13-10/h3-4,6,10,13H,1-2,5H2. The molecule has 1 atom stereocenters. The van der Waals surface area contributed by atoms with E-state index in [9.17, 15) is 4.39 Å². The number of benzene rings is 1. The van der Waals surface area contributed by atoms with Crippen LogP contribution in [0.2, 0.25) is 0 Å². The van der Waals surface area contributed by atoms with Crippen molar-refractivity contribution in [3.05, 3.63) is 33.1 Å². The van der Waals surface area contributed by atoms with E-state index in [-0.39, 0.29) is 5.82 Å². The summed E-state index contributed by atoms with van der Waals surface area (Å²) < 4.78 is 13.9. The van der Waals surface area contributed by atoms with Gasteiger partial charge in [-0.15, -0.1) is 0 Å². The Bertz CT molecular complexity index is 308. The molecule has 0 spiro atoms. The highest BCUT2D eigenvalue weighted by molar-refractivity contribution is 14.1. The number of hydrogen-bond acceptors (Lipinski definition) is 1. The van der Waals surface area contributed by atoms with Crippen LogP contribution in [0.3, 0.4) is 0 Å². The normalized spacial score (nSPS) is 22.2. The van der Waals surface area contributed by atoms with Gasteiger partial charge in [-0.3, -0.25) is 0 Å². The molecule has 0 aliphatic carbocycles. The molecule has 1 aliphatic heterocycles. The fourth-order valence-corrected chi connectivity index (χ4v) is 2.03. The predicted octanol–water partition coefficient (Wildman–Crippen LogP) is 2.85.